The van der Waals surface area contributed by atoms with Crippen LogP contribution in [-0.2, 0) is 24.0 Å². The van der Waals surface area contributed by atoms with E-state index >= 15 is 0 Å². The Balaban J connectivity index is 4.40. The Morgan fingerprint density at radius 1 is 0.406 bits per heavy atom. The molecule has 0 rings (SSSR count). The predicted molar refractivity (Wildman–Crippen MR) is 239 cm³/mol. The summed E-state index contributed by atoms with van der Waals surface area (Å²) >= 11 is 0. The minimum atomic E-state index is -2.21. The summed E-state index contributed by atoms with van der Waals surface area (Å²) < 4.78 is 0. The van der Waals surface area contributed by atoms with E-state index in [1.807, 2.05) is 0 Å². The first-order valence-corrected chi connectivity index (χ1v) is 23.8. The molecule has 0 unspecified atom stereocenters. The van der Waals surface area contributed by atoms with Gasteiger partial charge in [-0.2, -0.15) is 0 Å². The maximum absolute atomic E-state index is 13.1. The molecule has 0 radical (unpaired) electrons. The Labute approximate surface area is 380 Å². The molecule has 0 aromatic carbocycles. The molecule has 0 fully saturated rings. The van der Waals surface area contributed by atoms with Crippen LogP contribution in [0.15, 0.2) is 0 Å². The van der Waals surface area contributed by atoms with E-state index < -0.39 is 79.8 Å². The third-order valence-corrected chi connectivity index (χ3v) is 11.4. The molecule has 376 valence electrons. The lowest BCUT2D eigenvalue weighted by molar-refractivity contribution is -0.149. The molecule has 0 aliphatic carbocycles. The van der Waals surface area contributed by atoms with Crippen molar-refractivity contribution in [2.24, 2.45) is 0 Å². The van der Waals surface area contributed by atoms with Gasteiger partial charge in [0.15, 0.2) is 12.2 Å². The minimum Gasteiger partial charge on any atom is -0.394 e. The number of nitrogens with zero attached hydrogens (tertiary/aromatic N) is 1. The fourth-order valence-electron chi connectivity index (χ4n) is 7.11. The van der Waals surface area contributed by atoms with Crippen LogP contribution in [0.1, 0.15) is 161 Å². The lowest BCUT2D eigenvalue weighted by Crippen LogP contribution is -2.53. The number of aliphatic hydroxyl groups excluding tert-OH is 10. The molecule has 64 heavy (non-hydrogen) atoms. The number of amides is 4. The standard InChI is InChI=1S/C45H86N4O15/c1-33(52)23-21-19-17-15-13-11-9-7-5-3-2-4-6-8-10-12-14-16-18-20-22-26-46-36(55)24-25-37(56)49(29-27-47-44(63)42(61)40(59)38(57)34(53)31-50)30-28-48-45(64)43(62)41(60)39(58)35(54)32-51/h34-35,38-43,50-51,53-54,57-62H,2-32H2,1H3,(H,46,55)(H,47,63)(H,48,64)/t34-,35+,38+,39-,40-,41+,42+,43-. The van der Waals surface area contributed by atoms with Gasteiger partial charge in [0.1, 0.15) is 42.4 Å². The van der Waals surface area contributed by atoms with Gasteiger partial charge in [-0.1, -0.05) is 122 Å². The summed E-state index contributed by atoms with van der Waals surface area (Å²) in [7, 11) is 0. The highest BCUT2D eigenvalue weighted by molar-refractivity contribution is 5.84. The average molecular weight is 923 g/mol. The molecule has 4 amide bonds. The molecule has 19 heteroatoms. The first kappa shape index (κ1) is 61.1. The highest BCUT2D eigenvalue weighted by Gasteiger charge is 2.35. The number of nitrogens with one attached hydrogen (secondary N) is 3. The molecule has 0 aliphatic rings. The van der Waals surface area contributed by atoms with Crippen LogP contribution >= 0.6 is 0 Å². The topological polar surface area (TPSA) is 327 Å². The molecule has 0 saturated heterocycles. The normalized spacial score (nSPS) is 15.3. The van der Waals surface area contributed by atoms with Gasteiger partial charge in [-0.05, 0) is 19.8 Å². The Hall–Kier alpha value is -2.85. The van der Waals surface area contributed by atoms with Crippen LogP contribution in [0.4, 0.5) is 0 Å². The van der Waals surface area contributed by atoms with Crippen LogP contribution in [0.2, 0.25) is 0 Å². The molecule has 0 bridgehead atoms. The van der Waals surface area contributed by atoms with Gasteiger partial charge in [-0.3, -0.25) is 19.2 Å². The number of hydrogen-bond donors (Lipinski definition) is 13. The van der Waals surface area contributed by atoms with Gasteiger partial charge < -0.3 is 76.7 Å². The summed E-state index contributed by atoms with van der Waals surface area (Å²) in [4.78, 5) is 62.5. The van der Waals surface area contributed by atoms with E-state index in [1.54, 1.807) is 6.92 Å². The number of unbranched alkanes of at least 4 members (excludes halogenated alkanes) is 20. The Morgan fingerprint density at radius 2 is 0.734 bits per heavy atom. The molecule has 13 N–H and O–H groups in total. The quantitative estimate of drug-likeness (QED) is 0.0358. The van der Waals surface area contributed by atoms with Gasteiger partial charge in [0, 0.05) is 52.0 Å². The molecule has 0 aliphatic heterocycles. The second-order valence-corrected chi connectivity index (χ2v) is 17.0. The van der Waals surface area contributed by atoms with E-state index in [2.05, 4.69) is 16.0 Å². The van der Waals surface area contributed by atoms with Crippen molar-refractivity contribution in [1.82, 2.24) is 20.9 Å². The molecule has 0 spiro atoms. The number of aliphatic hydroxyl groups is 10. The zero-order valence-corrected chi connectivity index (χ0v) is 38.5. The van der Waals surface area contributed by atoms with Crippen molar-refractivity contribution in [3.05, 3.63) is 0 Å². The maximum atomic E-state index is 13.1. The molecule has 0 heterocycles. The van der Waals surface area contributed by atoms with Crippen molar-refractivity contribution in [2.75, 3.05) is 45.9 Å². The summed E-state index contributed by atoms with van der Waals surface area (Å²) in [5.41, 5.74) is 0. The molecule has 8 atom stereocenters. The summed E-state index contributed by atoms with van der Waals surface area (Å²) in [6.07, 6.45) is 9.47. The Bertz CT molecular complexity index is 1190. The summed E-state index contributed by atoms with van der Waals surface area (Å²) in [6.45, 7) is -0.858. The van der Waals surface area contributed by atoms with E-state index in [9.17, 15) is 64.8 Å². The van der Waals surface area contributed by atoms with Crippen molar-refractivity contribution < 1.29 is 75.0 Å². The van der Waals surface area contributed by atoms with E-state index in [4.69, 9.17) is 10.2 Å². The van der Waals surface area contributed by atoms with Crippen molar-refractivity contribution in [2.45, 2.75) is 210 Å². The van der Waals surface area contributed by atoms with Crippen molar-refractivity contribution >= 4 is 29.4 Å². The van der Waals surface area contributed by atoms with Crippen molar-refractivity contribution in [1.29, 1.82) is 0 Å². The highest BCUT2D eigenvalue weighted by Crippen LogP contribution is 2.16. The lowest BCUT2D eigenvalue weighted by Gasteiger charge is -2.27. The van der Waals surface area contributed by atoms with Gasteiger partial charge in [0.25, 0.3) is 11.8 Å². The Morgan fingerprint density at radius 3 is 1.06 bits per heavy atom. The smallest absolute Gasteiger partial charge is 0.251 e. The minimum absolute atomic E-state index is 0.161. The van der Waals surface area contributed by atoms with Gasteiger partial charge >= 0.3 is 0 Å². The van der Waals surface area contributed by atoms with Crippen LogP contribution in [0.3, 0.4) is 0 Å². The van der Waals surface area contributed by atoms with Gasteiger partial charge in [-0.15, -0.1) is 0 Å². The number of ketones is 1. The van der Waals surface area contributed by atoms with E-state index in [1.165, 1.54) is 103 Å². The monoisotopic (exact) mass is 923 g/mol. The first-order chi connectivity index (χ1) is 30.6. The zero-order valence-electron chi connectivity index (χ0n) is 38.5. The average Bonchev–Trinajstić information content (AvgIpc) is 3.29. The number of hydrogen-bond acceptors (Lipinski definition) is 15. The van der Waals surface area contributed by atoms with Crippen LogP contribution in [-0.4, -0.2) is 180 Å². The molecule has 0 aromatic heterocycles. The molecular weight excluding hydrogens is 837 g/mol. The molecule has 19 nitrogen and oxygen atoms in total. The molecule has 0 aromatic rings. The van der Waals surface area contributed by atoms with E-state index in [0.717, 1.165) is 43.4 Å². The van der Waals surface area contributed by atoms with Crippen molar-refractivity contribution in [3.8, 4) is 0 Å². The van der Waals surface area contributed by atoms with Gasteiger partial charge in [-0.25, -0.2) is 0 Å². The van der Waals surface area contributed by atoms with Gasteiger partial charge in [0.05, 0.1) is 13.2 Å². The van der Waals surface area contributed by atoms with Crippen molar-refractivity contribution in [3.63, 3.8) is 0 Å². The first-order valence-electron chi connectivity index (χ1n) is 23.8. The summed E-state index contributed by atoms with van der Waals surface area (Å²) in [6, 6.07) is 0. The second kappa shape index (κ2) is 39.3. The lowest BCUT2D eigenvalue weighted by atomic mass is 10.0. The largest absolute Gasteiger partial charge is 0.394 e. The zero-order chi connectivity index (χ0) is 48.1. The van der Waals surface area contributed by atoms with E-state index in [0.29, 0.717) is 12.3 Å². The number of rotatable bonds is 43. The SMILES string of the molecule is CC(=O)CCCCCCCCCCCCCCCCCCCCCCCNC(=O)CCC(=O)N(CCNC(=O)[C@@H](O)[C@H](O)[C@@H](O)[C@H](O)CO)CCNC(=O)[C@H](O)[C@@H](O)[C@H](O)[C@@H](O)CO. The summed E-state index contributed by atoms with van der Waals surface area (Å²) in [5.74, 6) is -2.96. The fourth-order valence-corrected chi connectivity index (χ4v) is 7.11. The predicted octanol–water partition coefficient (Wildman–Crippen LogP) is -0.0132. The highest BCUT2D eigenvalue weighted by atomic mass is 16.4. The third-order valence-electron chi connectivity index (χ3n) is 11.4. The van der Waals surface area contributed by atoms with Crippen LogP contribution in [0, 0.1) is 0 Å². The fraction of sp³-hybridized carbons (Fsp3) is 0.889. The number of carbonyl (C=O) groups is 5. The van der Waals surface area contributed by atoms with Gasteiger partial charge in [0.2, 0.25) is 11.8 Å². The number of Topliss-reactive ketones (excluding diaryl/α,β-unsaturated/α-hetero) is 1. The Kier molecular flexibility index (Phi) is 37.6. The van der Waals surface area contributed by atoms with Crippen LogP contribution in [0.5, 0.6) is 0 Å². The molecular formula is C45H86N4O15. The maximum Gasteiger partial charge on any atom is 0.251 e. The van der Waals surface area contributed by atoms with E-state index in [-0.39, 0.29) is 44.9 Å². The summed E-state index contributed by atoms with van der Waals surface area (Å²) in [5, 5.41) is 104. The second-order valence-electron chi connectivity index (χ2n) is 17.0. The van der Waals surface area contributed by atoms with Crippen LogP contribution in [0.25, 0.3) is 0 Å². The number of carbonyl (C=O) groups excluding carboxylic acids is 5. The molecule has 0 saturated carbocycles. The third kappa shape index (κ3) is 30.4. The van der Waals surface area contributed by atoms with Crippen LogP contribution < -0.4 is 16.0 Å².